The molecule has 2 N–H and O–H groups in total. The summed E-state index contributed by atoms with van der Waals surface area (Å²) < 4.78 is 47.1. The van der Waals surface area contributed by atoms with Crippen molar-refractivity contribution in [3.63, 3.8) is 0 Å². The molecule has 98 valence electrons. The first-order valence-corrected chi connectivity index (χ1v) is 4.44. The molecule has 0 bridgehead atoms. The van der Waals surface area contributed by atoms with E-state index in [1.54, 1.807) is 0 Å². The number of hydrogen-bond acceptors (Lipinski definition) is 3. The van der Waals surface area contributed by atoms with Gasteiger partial charge >= 0.3 is 6.18 Å². The van der Waals surface area contributed by atoms with Crippen molar-refractivity contribution in [3.8, 4) is 11.5 Å². The third-order valence-electron chi connectivity index (χ3n) is 2.12. The number of ether oxygens (including phenoxy) is 2. The van der Waals surface area contributed by atoms with Crippen molar-refractivity contribution in [2.24, 2.45) is 5.73 Å². The van der Waals surface area contributed by atoms with Crippen LogP contribution in [0, 0.1) is 0 Å². The summed E-state index contributed by atoms with van der Waals surface area (Å²) in [7, 11) is 2.65. The smallest absolute Gasteiger partial charge is 0.407 e. The summed E-state index contributed by atoms with van der Waals surface area (Å²) >= 11 is 0. The van der Waals surface area contributed by atoms with Gasteiger partial charge in [0.1, 0.15) is 17.5 Å². The highest BCUT2D eigenvalue weighted by Gasteiger charge is 2.39. The maximum absolute atomic E-state index is 12.5. The zero-order valence-electron chi connectivity index (χ0n) is 9.25. The van der Waals surface area contributed by atoms with Crippen LogP contribution in [0.5, 0.6) is 11.5 Å². The van der Waals surface area contributed by atoms with Gasteiger partial charge in [-0.3, -0.25) is 0 Å². The number of hydrogen-bond donors (Lipinski definition) is 1. The van der Waals surface area contributed by atoms with Crippen LogP contribution in [-0.4, -0.2) is 20.4 Å². The Labute approximate surface area is 103 Å². The van der Waals surface area contributed by atoms with Crippen LogP contribution in [0.1, 0.15) is 11.6 Å². The summed E-state index contributed by atoms with van der Waals surface area (Å²) in [5.74, 6) is 0.390. The second-order valence-corrected chi connectivity index (χ2v) is 3.13. The van der Waals surface area contributed by atoms with E-state index in [0.29, 0.717) is 5.75 Å². The number of methoxy groups -OCH3 is 2. The minimum atomic E-state index is -4.51. The Bertz CT molecular complexity index is 371. The first-order valence-electron chi connectivity index (χ1n) is 4.44. The van der Waals surface area contributed by atoms with Gasteiger partial charge in [-0.05, 0) is 18.2 Å². The Kier molecular flexibility index (Phi) is 5.57. The Morgan fingerprint density at radius 3 is 2.18 bits per heavy atom. The molecule has 17 heavy (non-hydrogen) atoms. The number of rotatable bonds is 3. The fourth-order valence-electron chi connectivity index (χ4n) is 1.26. The average Bonchev–Trinajstić information content (AvgIpc) is 2.25. The maximum atomic E-state index is 12.5. The highest BCUT2D eigenvalue weighted by molar-refractivity contribution is 5.85. The van der Waals surface area contributed by atoms with Gasteiger partial charge < -0.3 is 15.2 Å². The van der Waals surface area contributed by atoms with E-state index in [0.717, 1.165) is 0 Å². The minimum absolute atomic E-state index is 0. The SMILES string of the molecule is COc1ccc(OC)c(C(N)C(F)(F)F)c1.Cl. The Hall–Kier alpha value is -1.14. The molecular formula is C10H13ClF3NO2. The van der Waals surface area contributed by atoms with Gasteiger partial charge in [0.25, 0.3) is 0 Å². The quantitative estimate of drug-likeness (QED) is 0.919. The molecular weight excluding hydrogens is 259 g/mol. The molecule has 0 aliphatic heterocycles. The summed E-state index contributed by atoms with van der Waals surface area (Å²) in [5, 5.41) is 0. The van der Waals surface area contributed by atoms with Gasteiger partial charge in [0, 0.05) is 5.56 Å². The van der Waals surface area contributed by atoms with Crippen LogP contribution in [0.15, 0.2) is 18.2 Å². The Morgan fingerprint density at radius 2 is 1.76 bits per heavy atom. The molecule has 0 saturated heterocycles. The molecule has 0 fully saturated rings. The monoisotopic (exact) mass is 271 g/mol. The molecule has 0 heterocycles. The molecule has 0 aliphatic rings. The number of halogens is 4. The number of alkyl halides is 3. The van der Waals surface area contributed by atoms with Crippen LogP contribution < -0.4 is 15.2 Å². The summed E-state index contributed by atoms with van der Waals surface area (Å²) in [4.78, 5) is 0. The van der Waals surface area contributed by atoms with Gasteiger partial charge in [-0.2, -0.15) is 13.2 Å². The van der Waals surface area contributed by atoms with Crippen molar-refractivity contribution in [2.75, 3.05) is 14.2 Å². The minimum Gasteiger partial charge on any atom is -0.497 e. The molecule has 0 saturated carbocycles. The summed E-state index contributed by atoms with van der Waals surface area (Å²) in [6.07, 6.45) is -4.51. The molecule has 7 heteroatoms. The molecule has 0 amide bonds. The van der Waals surface area contributed by atoms with Gasteiger partial charge in [0.05, 0.1) is 14.2 Å². The van der Waals surface area contributed by atoms with E-state index in [4.69, 9.17) is 15.2 Å². The van der Waals surface area contributed by atoms with Crippen molar-refractivity contribution < 1.29 is 22.6 Å². The Morgan fingerprint density at radius 1 is 1.18 bits per heavy atom. The third kappa shape index (κ3) is 3.67. The molecule has 1 aromatic carbocycles. The second-order valence-electron chi connectivity index (χ2n) is 3.13. The largest absolute Gasteiger partial charge is 0.497 e. The lowest BCUT2D eigenvalue weighted by molar-refractivity contribution is -0.149. The topological polar surface area (TPSA) is 44.5 Å². The molecule has 0 aliphatic carbocycles. The predicted molar refractivity (Wildman–Crippen MR) is 59.8 cm³/mol. The lowest BCUT2D eigenvalue weighted by Gasteiger charge is -2.19. The fraction of sp³-hybridized carbons (Fsp3) is 0.400. The van der Waals surface area contributed by atoms with Crippen LogP contribution in [0.4, 0.5) is 13.2 Å². The van der Waals surface area contributed by atoms with E-state index >= 15 is 0 Å². The highest BCUT2D eigenvalue weighted by atomic mass is 35.5. The number of nitrogens with two attached hydrogens (primary N) is 1. The molecule has 1 rings (SSSR count). The predicted octanol–water partition coefficient (Wildman–Crippen LogP) is 2.69. The van der Waals surface area contributed by atoms with E-state index in [1.807, 2.05) is 0 Å². The molecule has 3 nitrogen and oxygen atoms in total. The van der Waals surface area contributed by atoms with Gasteiger partial charge in [-0.15, -0.1) is 12.4 Å². The lowest BCUT2D eigenvalue weighted by Crippen LogP contribution is -2.28. The van der Waals surface area contributed by atoms with Crippen LogP contribution >= 0.6 is 12.4 Å². The van der Waals surface area contributed by atoms with E-state index in [1.165, 1.54) is 32.4 Å². The normalized spacial score (nSPS) is 12.6. The maximum Gasteiger partial charge on any atom is 0.407 e. The zero-order chi connectivity index (χ0) is 12.3. The molecule has 1 aromatic rings. The summed E-state index contributed by atoms with van der Waals surface area (Å²) in [6, 6.07) is 2.03. The molecule has 1 unspecified atom stereocenters. The van der Waals surface area contributed by atoms with Crippen LogP contribution in [-0.2, 0) is 0 Å². The average molecular weight is 272 g/mol. The van der Waals surface area contributed by atoms with E-state index in [9.17, 15) is 13.2 Å². The standard InChI is InChI=1S/C10H12F3NO2.ClH/c1-15-6-3-4-8(16-2)7(5-6)9(14)10(11,12)13;/h3-5,9H,14H2,1-2H3;1H. The van der Waals surface area contributed by atoms with Crippen molar-refractivity contribution in [3.05, 3.63) is 23.8 Å². The molecule has 0 aromatic heterocycles. The van der Waals surface area contributed by atoms with Crippen molar-refractivity contribution in [2.45, 2.75) is 12.2 Å². The van der Waals surface area contributed by atoms with E-state index < -0.39 is 12.2 Å². The van der Waals surface area contributed by atoms with Gasteiger partial charge in [0.15, 0.2) is 0 Å². The van der Waals surface area contributed by atoms with Crippen molar-refractivity contribution >= 4 is 12.4 Å². The van der Waals surface area contributed by atoms with Gasteiger partial charge in [-0.1, -0.05) is 0 Å². The summed E-state index contributed by atoms with van der Waals surface area (Å²) in [5.41, 5.74) is 4.97. The van der Waals surface area contributed by atoms with Crippen LogP contribution in [0.3, 0.4) is 0 Å². The fourth-order valence-corrected chi connectivity index (χ4v) is 1.26. The molecule has 0 spiro atoms. The second kappa shape index (κ2) is 5.97. The van der Waals surface area contributed by atoms with Crippen molar-refractivity contribution in [1.29, 1.82) is 0 Å². The van der Waals surface area contributed by atoms with Crippen molar-refractivity contribution in [1.82, 2.24) is 0 Å². The van der Waals surface area contributed by atoms with Crippen LogP contribution in [0.2, 0.25) is 0 Å². The van der Waals surface area contributed by atoms with Gasteiger partial charge in [0.2, 0.25) is 0 Å². The third-order valence-corrected chi connectivity index (χ3v) is 2.12. The Balaban J connectivity index is 0.00000256. The van der Waals surface area contributed by atoms with E-state index in [-0.39, 0.29) is 23.7 Å². The van der Waals surface area contributed by atoms with Gasteiger partial charge in [-0.25, -0.2) is 0 Å². The van der Waals surface area contributed by atoms with Crippen LogP contribution in [0.25, 0.3) is 0 Å². The number of benzene rings is 1. The highest BCUT2D eigenvalue weighted by Crippen LogP contribution is 2.37. The molecule has 1 atom stereocenters. The molecule has 0 radical (unpaired) electrons. The zero-order valence-corrected chi connectivity index (χ0v) is 10.1. The first kappa shape index (κ1) is 15.9. The van der Waals surface area contributed by atoms with E-state index in [2.05, 4.69) is 0 Å². The lowest BCUT2D eigenvalue weighted by atomic mass is 10.1. The summed E-state index contributed by atoms with van der Waals surface area (Å²) in [6.45, 7) is 0. The first-order chi connectivity index (χ1) is 7.40.